The monoisotopic (exact) mass is 501 g/mol. The lowest BCUT2D eigenvalue weighted by molar-refractivity contribution is 0.0943. The molecule has 1 amide bonds. The third-order valence-corrected chi connectivity index (χ3v) is 6.92. The molecule has 1 aromatic carbocycles. The molecular formula is C27H28FN7O2. The predicted molar refractivity (Wildman–Crippen MR) is 137 cm³/mol. The van der Waals surface area contributed by atoms with E-state index in [-0.39, 0.29) is 24.3 Å². The van der Waals surface area contributed by atoms with Crippen molar-refractivity contribution in [1.82, 2.24) is 24.9 Å². The highest BCUT2D eigenvalue weighted by atomic mass is 19.1. The third-order valence-electron chi connectivity index (χ3n) is 6.92. The minimum absolute atomic E-state index is 0.0336. The fourth-order valence-corrected chi connectivity index (χ4v) is 5.07. The van der Waals surface area contributed by atoms with Crippen LogP contribution in [0.25, 0.3) is 5.65 Å². The first kappa shape index (κ1) is 23.4. The van der Waals surface area contributed by atoms with Crippen LogP contribution in [-0.4, -0.2) is 58.3 Å². The SMILES string of the molecule is O=C(NCc1cccc(N2CCOCC2)n1)c1cnc2ccc(N3CCCC3c3cccc(F)c3)nn12. The Balaban J connectivity index is 1.19. The van der Waals surface area contributed by atoms with Crippen molar-refractivity contribution in [1.29, 1.82) is 0 Å². The second kappa shape index (κ2) is 10.1. The van der Waals surface area contributed by atoms with Crippen LogP contribution in [0.3, 0.4) is 0 Å². The summed E-state index contributed by atoms with van der Waals surface area (Å²) in [5, 5.41) is 7.71. The van der Waals surface area contributed by atoms with E-state index in [0.717, 1.165) is 55.4 Å². The van der Waals surface area contributed by atoms with Crippen LogP contribution in [0.2, 0.25) is 0 Å². The van der Waals surface area contributed by atoms with Crippen molar-refractivity contribution in [2.75, 3.05) is 42.6 Å². The van der Waals surface area contributed by atoms with E-state index in [1.165, 1.54) is 12.3 Å². The quantitative estimate of drug-likeness (QED) is 0.433. The summed E-state index contributed by atoms with van der Waals surface area (Å²) in [6.07, 6.45) is 3.43. The van der Waals surface area contributed by atoms with E-state index >= 15 is 0 Å². The van der Waals surface area contributed by atoms with Gasteiger partial charge in [-0.25, -0.2) is 18.9 Å². The van der Waals surface area contributed by atoms with Crippen molar-refractivity contribution < 1.29 is 13.9 Å². The minimum atomic E-state index is -0.279. The molecule has 3 aromatic heterocycles. The van der Waals surface area contributed by atoms with E-state index in [2.05, 4.69) is 20.1 Å². The Bertz CT molecular complexity index is 1420. The average molecular weight is 502 g/mol. The van der Waals surface area contributed by atoms with Gasteiger partial charge in [-0.1, -0.05) is 18.2 Å². The summed E-state index contributed by atoms with van der Waals surface area (Å²) in [7, 11) is 0. The van der Waals surface area contributed by atoms with Crippen LogP contribution in [-0.2, 0) is 11.3 Å². The van der Waals surface area contributed by atoms with Gasteiger partial charge >= 0.3 is 0 Å². The Morgan fingerprint density at radius 1 is 1.05 bits per heavy atom. The molecule has 2 saturated heterocycles. The molecule has 6 rings (SSSR count). The minimum Gasteiger partial charge on any atom is -0.378 e. The zero-order valence-electron chi connectivity index (χ0n) is 20.4. The number of carbonyl (C=O) groups is 1. The van der Waals surface area contributed by atoms with Gasteiger partial charge in [-0.2, -0.15) is 0 Å². The van der Waals surface area contributed by atoms with E-state index in [1.807, 2.05) is 36.4 Å². The Morgan fingerprint density at radius 2 is 1.92 bits per heavy atom. The lowest BCUT2D eigenvalue weighted by Gasteiger charge is -2.28. The highest BCUT2D eigenvalue weighted by Crippen LogP contribution is 2.35. The number of aromatic nitrogens is 4. The fraction of sp³-hybridized carbons (Fsp3) is 0.333. The number of benzene rings is 1. The number of hydrogen-bond acceptors (Lipinski definition) is 7. The Hall–Kier alpha value is -4.05. The largest absolute Gasteiger partial charge is 0.378 e. The van der Waals surface area contributed by atoms with Crippen molar-refractivity contribution in [3.8, 4) is 0 Å². The molecule has 2 aliphatic rings. The number of halogens is 1. The van der Waals surface area contributed by atoms with E-state index < -0.39 is 0 Å². The lowest BCUT2D eigenvalue weighted by atomic mass is 10.0. The highest BCUT2D eigenvalue weighted by Gasteiger charge is 2.28. The maximum absolute atomic E-state index is 13.9. The second-order valence-electron chi connectivity index (χ2n) is 9.28. The van der Waals surface area contributed by atoms with Crippen molar-refractivity contribution in [3.05, 3.63) is 83.6 Å². The van der Waals surface area contributed by atoms with Crippen molar-refractivity contribution in [3.63, 3.8) is 0 Å². The first-order valence-corrected chi connectivity index (χ1v) is 12.6. The molecule has 0 spiro atoms. The number of nitrogens with zero attached hydrogens (tertiary/aromatic N) is 6. The molecule has 1 N–H and O–H groups in total. The summed E-state index contributed by atoms with van der Waals surface area (Å²) < 4.78 is 20.9. The van der Waals surface area contributed by atoms with Crippen LogP contribution in [0.1, 0.15) is 40.6 Å². The Labute approximate surface area is 213 Å². The van der Waals surface area contributed by atoms with Gasteiger partial charge in [0, 0.05) is 19.6 Å². The summed E-state index contributed by atoms with van der Waals surface area (Å²) in [5.41, 5.74) is 2.63. The number of hydrogen-bond donors (Lipinski definition) is 1. The first-order valence-electron chi connectivity index (χ1n) is 12.6. The zero-order valence-corrected chi connectivity index (χ0v) is 20.4. The Morgan fingerprint density at radius 3 is 2.78 bits per heavy atom. The number of ether oxygens (including phenoxy) is 1. The van der Waals surface area contributed by atoms with Crippen LogP contribution in [0.4, 0.5) is 16.0 Å². The number of pyridine rings is 1. The van der Waals surface area contributed by atoms with Crippen LogP contribution in [0.5, 0.6) is 0 Å². The van der Waals surface area contributed by atoms with Crippen LogP contribution < -0.4 is 15.1 Å². The second-order valence-corrected chi connectivity index (χ2v) is 9.28. The van der Waals surface area contributed by atoms with Crippen molar-refractivity contribution >= 4 is 23.2 Å². The molecular weight excluding hydrogens is 473 g/mol. The predicted octanol–water partition coefficient (Wildman–Crippen LogP) is 3.37. The van der Waals surface area contributed by atoms with Gasteiger partial charge in [0.05, 0.1) is 37.7 Å². The average Bonchev–Trinajstić information content (AvgIpc) is 3.60. The molecule has 10 heteroatoms. The van der Waals surface area contributed by atoms with Gasteiger partial charge in [0.15, 0.2) is 11.3 Å². The molecule has 1 atom stereocenters. The molecule has 0 saturated carbocycles. The third kappa shape index (κ3) is 4.84. The molecule has 2 fully saturated rings. The molecule has 37 heavy (non-hydrogen) atoms. The van der Waals surface area contributed by atoms with Gasteiger partial charge in [0.1, 0.15) is 17.5 Å². The van der Waals surface area contributed by atoms with Crippen molar-refractivity contribution in [2.45, 2.75) is 25.4 Å². The van der Waals surface area contributed by atoms with Crippen LogP contribution in [0.15, 0.2) is 60.8 Å². The summed E-state index contributed by atoms with van der Waals surface area (Å²) in [6, 6.07) is 16.3. The standard InChI is InChI=1S/C27H28FN7O2/c28-20-5-1-4-19(16-20)22-7-3-11-34(22)26-10-9-24-29-18-23(35(24)32-26)27(36)30-17-21-6-2-8-25(31-21)33-12-14-37-15-13-33/h1-2,4-6,8-10,16,18,22H,3,7,11-15,17H2,(H,30,36). The summed E-state index contributed by atoms with van der Waals surface area (Å²) in [5.74, 6) is 1.09. The molecule has 0 aliphatic carbocycles. The van der Waals surface area contributed by atoms with Gasteiger partial charge in [0.2, 0.25) is 0 Å². The first-order chi connectivity index (χ1) is 18.2. The summed E-state index contributed by atoms with van der Waals surface area (Å²) in [4.78, 5) is 26.5. The number of imidazole rings is 1. The number of morpholine rings is 1. The number of nitrogens with one attached hydrogen (secondary N) is 1. The molecule has 1 unspecified atom stereocenters. The topological polar surface area (TPSA) is 87.9 Å². The molecule has 190 valence electrons. The maximum atomic E-state index is 13.9. The number of rotatable bonds is 6. The lowest BCUT2D eigenvalue weighted by Crippen LogP contribution is -2.37. The zero-order chi connectivity index (χ0) is 25.2. The summed E-state index contributed by atoms with van der Waals surface area (Å²) >= 11 is 0. The molecule has 2 aliphatic heterocycles. The van der Waals surface area contributed by atoms with E-state index in [4.69, 9.17) is 14.8 Å². The Kier molecular flexibility index (Phi) is 6.40. The van der Waals surface area contributed by atoms with Crippen LogP contribution in [0, 0.1) is 5.82 Å². The summed E-state index contributed by atoms with van der Waals surface area (Å²) in [6.45, 7) is 4.07. The highest BCUT2D eigenvalue weighted by molar-refractivity contribution is 5.93. The molecule has 4 aromatic rings. The maximum Gasteiger partial charge on any atom is 0.271 e. The molecule has 0 bridgehead atoms. The van der Waals surface area contributed by atoms with E-state index in [9.17, 15) is 9.18 Å². The fourth-order valence-electron chi connectivity index (χ4n) is 5.07. The smallest absolute Gasteiger partial charge is 0.271 e. The van der Waals surface area contributed by atoms with Gasteiger partial charge < -0.3 is 19.9 Å². The molecule has 5 heterocycles. The van der Waals surface area contributed by atoms with Gasteiger partial charge in [0.25, 0.3) is 5.91 Å². The van der Waals surface area contributed by atoms with E-state index in [0.29, 0.717) is 24.6 Å². The number of fused-ring (bicyclic) bond motifs is 1. The normalized spacial score (nSPS) is 17.9. The van der Waals surface area contributed by atoms with Crippen molar-refractivity contribution in [2.24, 2.45) is 0 Å². The van der Waals surface area contributed by atoms with E-state index in [1.54, 1.807) is 16.6 Å². The van der Waals surface area contributed by atoms with Crippen LogP contribution >= 0.6 is 0 Å². The number of carbonyl (C=O) groups excluding carboxylic acids is 1. The van der Waals surface area contributed by atoms with Gasteiger partial charge in [-0.05, 0) is 54.8 Å². The number of amides is 1. The number of anilines is 2. The van der Waals surface area contributed by atoms with Gasteiger partial charge in [-0.3, -0.25) is 4.79 Å². The van der Waals surface area contributed by atoms with Gasteiger partial charge in [-0.15, -0.1) is 5.10 Å². The molecule has 9 nitrogen and oxygen atoms in total. The molecule has 0 radical (unpaired) electrons.